The minimum atomic E-state index is -0.318. The van der Waals surface area contributed by atoms with Crippen molar-refractivity contribution in [2.24, 2.45) is 5.92 Å². The van der Waals surface area contributed by atoms with E-state index in [9.17, 15) is 10.1 Å². The van der Waals surface area contributed by atoms with Crippen LogP contribution >= 0.6 is 15.9 Å². The number of nitro benzene ring substituents is 1. The molecule has 1 aliphatic rings. The summed E-state index contributed by atoms with van der Waals surface area (Å²) in [6.07, 6.45) is 1.14. The maximum atomic E-state index is 11.0. The number of hydrogen-bond acceptors (Lipinski definition) is 4. The third kappa shape index (κ3) is 4.13. The van der Waals surface area contributed by atoms with Crippen LogP contribution in [0.25, 0.3) is 0 Å². The van der Waals surface area contributed by atoms with Crippen molar-refractivity contribution in [3.63, 3.8) is 0 Å². The zero-order valence-corrected chi connectivity index (χ0v) is 14.9. The van der Waals surface area contributed by atoms with Crippen molar-refractivity contribution >= 4 is 27.3 Å². The van der Waals surface area contributed by atoms with Gasteiger partial charge in [0.25, 0.3) is 5.69 Å². The quantitative estimate of drug-likeness (QED) is 0.599. The van der Waals surface area contributed by atoms with E-state index in [0.29, 0.717) is 12.5 Å². The predicted octanol–water partition coefficient (Wildman–Crippen LogP) is 3.97. The molecular weight excluding hydrogens is 370 g/mol. The SMILES string of the molecule is O=[N+]([O-])c1ccccc1CNCC1CCN(c2ccc(Br)cc2)C1. The lowest BCUT2D eigenvalue weighted by atomic mass is 10.1. The first-order valence-electron chi connectivity index (χ1n) is 8.07. The van der Waals surface area contributed by atoms with Gasteiger partial charge in [0.05, 0.1) is 4.92 Å². The Balaban J connectivity index is 1.50. The summed E-state index contributed by atoms with van der Waals surface area (Å²) in [6, 6.07) is 15.3. The van der Waals surface area contributed by atoms with Crippen LogP contribution in [0.2, 0.25) is 0 Å². The number of para-hydroxylation sites is 1. The average molecular weight is 390 g/mol. The zero-order valence-electron chi connectivity index (χ0n) is 13.3. The highest BCUT2D eigenvalue weighted by Gasteiger charge is 2.22. The lowest BCUT2D eigenvalue weighted by molar-refractivity contribution is -0.385. The van der Waals surface area contributed by atoms with Gasteiger partial charge in [0.2, 0.25) is 0 Å². The van der Waals surface area contributed by atoms with Crippen molar-refractivity contribution in [1.29, 1.82) is 0 Å². The molecule has 0 aliphatic carbocycles. The molecule has 2 aromatic carbocycles. The summed E-state index contributed by atoms with van der Waals surface area (Å²) in [6.45, 7) is 3.48. The second-order valence-corrected chi connectivity index (χ2v) is 7.01. The Labute approximate surface area is 150 Å². The van der Waals surface area contributed by atoms with Crippen LogP contribution in [-0.4, -0.2) is 24.6 Å². The van der Waals surface area contributed by atoms with Crippen molar-refractivity contribution in [3.8, 4) is 0 Å². The summed E-state index contributed by atoms with van der Waals surface area (Å²) in [4.78, 5) is 13.1. The van der Waals surface area contributed by atoms with Gasteiger partial charge in [-0.15, -0.1) is 0 Å². The summed E-state index contributed by atoms with van der Waals surface area (Å²) in [7, 11) is 0. The van der Waals surface area contributed by atoms with Crippen LogP contribution in [0, 0.1) is 16.0 Å². The van der Waals surface area contributed by atoms with Crippen LogP contribution in [0.5, 0.6) is 0 Å². The van der Waals surface area contributed by atoms with Gasteiger partial charge < -0.3 is 10.2 Å². The fraction of sp³-hybridized carbons (Fsp3) is 0.333. The van der Waals surface area contributed by atoms with Crippen molar-refractivity contribution in [2.45, 2.75) is 13.0 Å². The van der Waals surface area contributed by atoms with Crippen LogP contribution in [0.3, 0.4) is 0 Å². The van der Waals surface area contributed by atoms with Crippen molar-refractivity contribution < 1.29 is 4.92 Å². The fourth-order valence-corrected chi connectivity index (χ4v) is 3.40. The van der Waals surface area contributed by atoms with E-state index < -0.39 is 0 Å². The zero-order chi connectivity index (χ0) is 16.9. The Morgan fingerprint density at radius 2 is 1.96 bits per heavy atom. The molecule has 2 aromatic rings. The molecule has 0 spiro atoms. The van der Waals surface area contributed by atoms with Gasteiger partial charge in [-0.05, 0) is 36.6 Å². The van der Waals surface area contributed by atoms with Gasteiger partial charge in [-0.3, -0.25) is 10.1 Å². The van der Waals surface area contributed by atoms with Gasteiger partial charge in [-0.1, -0.05) is 34.1 Å². The summed E-state index contributed by atoms with van der Waals surface area (Å²) in [5, 5.41) is 14.4. The minimum Gasteiger partial charge on any atom is -0.371 e. The maximum absolute atomic E-state index is 11.0. The largest absolute Gasteiger partial charge is 0.371 e. The molecule has 1 heterocycles. The number of benzene rings is 2. The van der Waals surface area contributed by atoms with E-state index in [1.165, 1.54) is 5.69 Å². The molecule has 1 saturated heterocycles. The first-order chi connectivity index (χ1) is 11.6. The highest BCUT2D eigenvalue weighted by Crippen LogP contribution is 2.25. The van der Waals surface area contributed by atoms with Crippen LogP contribution in [0.15, 0.2) is 53.0 Å². The number of nitrogens with zero attached hydrogens (tertiary/aromatic N) is 2. The molecule has 24 heavy (non-hydrogen) atoms. The molecule has 0 amide bonds. The molecule has 0 radical (unpaired) electrons. The molecule has 0 saturated carbocycles. The number of rotatable bonds is 6. The maximum Gasteiger partial charge on any atom is 0.273 e. The van der Waals surface area contributed by atoms with E-state index in [-0.39, 0.29) is 10.6 Å². The number of anilines is 1. The molecular formula is C18H20BrN3O2. The van der Waals surface area contributed by atoms with Crippen LogP contribution in [0.4, 0.5) is 11.4 Å². The second-order valence-electron chi connectivity index (χ2n) is 6.09. The van der Waals surface area contributed by atoms with Crippen LogP contribution in [0.1, 0.15) is 12.0 Å². The normalized spacial score (nSPS) is 17.2. The Hall–Kier alpha value is -1.92. The highest BCUT2D eigenvalue weighted by atomic mass is 79.9. The lowest BCUT2D eigenvalue weighted by Gasteiger charge is -2.19. The smallest absolute Gasteiger partial charge is 0.273 e. The monoisotopic (exact) mass is 389 g/mol. The molecule has 3 rings (SSSR count). The first-order valence-corrected chi connectivity index (χ1v) is 8.86. The number of halogens is 1. The van der Waals surface area contributed by atoms with E-state index >= 15 is 0 Å². The Morgan fingerprint density at radius 3 is 2.71 bits per heavy atom. The minimum absolute atomic E-state index is 0.188. The van der Waals surface area contributed by atoms with Crippen molar-refractivity contribution in [3.05, 3.63) is 68.7 Å². The summed E-state index contributed by atoms with van der Waals surface area (Å²) < 4.78 is 1.09. The molecule has 1 aliphatic heterocycles. The molecule has 1 atom stereocenters. The molecule has 1 unspecified atom stereocenters. The van der Waals surface area contributed by atoms with Crippen LogP contribution in [-0.2, 0) is 6.54 Å². The molecule has 6 heteroatoms. The summed E-state index contributed by atoms with van der Waals surface area (Å²) in [5.41, 5.74) is 2.18. The van der Waals surface area contributed by atoms with Gasteiger partial charge in [-0.2, -0.15) is 0 Å². The molecule has 0 aromatic heterocycles. The van der Waals surface area contributed by atoms with Crippen LogP contribution < -0.4 is 10.2 Å². The number of nitrogens with one attached hydrogen (secondary N) is 1. The Bertz CT molecular complexity index is 706. The Kier molecular flexibility index (Phi) is 5.48. The molecule has 1 N–H and O–H groups in total. The number of hydrogen-bond donors (Lipinski definition) is 1. The molecule has 0 bridgehead atoms. The average Bonchev–Trinajstić information content (AvgIpc) is 3.05. The first kappa shape index (κ1) is 16.9. The van der Waals surface area contributed by atoms with Gasteiger partial charge in [-0.25, -0.2) is 0 Å². The van der Waals surface area contributed by atoms with E-state index in [1.807, 2.05) is 12.1 Å². The topological polar surface area (TPSA) is 58.4 Å². The molecule has 5 nitrogen and oxygen atoms in total. The van der Waals surface area contributed by atoms with E-state index in [1.54, 1.807) is 12.1 Å². The number of nitro groups is 1. The second kappa shape index (κ2) is 7.77. The third-order valence-electron chi connectivity index (χ3n) is 4.41. The fourth-order valence-electron chi connectivity index (χ4n) is 3.14. The van der Waals surface area contributed by atoms with Gasteiger partial charge in [0, 0.05) is 48.0 Å². The summed E-state index contributed by atoms with van der Waals surface area (Å²) in [5.74, 6) is 0.566. The highest BCUT2D eigenvalue weighted by molar-refractivity contribution is 9.10. The molecule has 126 valence electrons. The third-order valence-corrected chi connectivity index (χ3v) is 4.94. The summed E-state index contributed by atoms with van der Waals surface area (Å²) >= 11 is 3.46. The van der Waals surface area contributed by atoms with E-state index in [4.69, 9.17) is 0 Å². The predicted molar refractivity (Wildman–Crippen MR) is 99.3 cm³/mol. The van der Waals surface area contributed by atoms with E-state index in [0.717, 1.165) is 36.1 Å². The Morgan fingerprint density at radius 1 is 1.21 bits per heavy atom. The standard InChI is InChI=1S/C18H20BrN3O2/c19-16-5-7-17(8-6-16)21-10-9-14(13-21)11-20-12-15-3-1-2-4-18(15)22(23)24/h1-8,14,20H,9-13H2. The van der Waals surface area contributed by atoms with Gasteiger partial charge in [0.1, 0.15) is 0 Å². The molecule has 1 fully saturated rings. The van der Waals surface area contributed by atoms with Gasteiger partial charge in [0.15, 0.2) is 0 Å². The van der Waals surface area contributed by atoms with Gasteiger partial charge >= 0.3 is 0 Å². The van der Waals surface area contributed by atoms with Crippen molar-refractivity contribution in [1.82, 2.24) is 5.32 Å². The van der Waals surface area contributed by atoms with Crippen molar-refractivity contribution in [2.75, 3.05) is 24.5 Å². The van der Waals surface area contributed by atoms with E-state index in [2.05, 4.69) is 50.4 Å². The lowest BCUT2D eigenvalue weighted by Crippen LogP contribution is -2.26.